The summed E-state index contributed by atoms with van der Waals surface area (Å²) in [4.78, 5) is 19.3. The number of urea groups is 1. The molecule has 108 valence electrons. The highest BCUT2D eigenvalue weighted by molar-refractivity contribution is 7.13. The van der Waals surface area contributed by atoms with Crippen LogP contribution in [-0.2, 0) is 13.1 Å². The molecule has 0 saturated heterocycles. The molecule has 2 N–H and O–H groups in total. The van der Waals surface area contributed by atoms with Crippen LogP contribution in [0.3, 0.4) is 0 Å². The molecule has 2 aromatic heterocycles. The first kappa shape index (κ1) is 14.8. The summed E-state index contributed by atoms with van der Waals surface area (Å²) >= 11 is 3.22. The highest BCUT2D eigenvalue weighted by Gasteiger charge is 2.06. The van der Waals surface area contributed by atoms with E-state index in [9.17, 15) is 4.79 Å². The van der Waals surface area contributed by atoms with Crippen molar-refractivity contribution in [1.82, 2.24) is 15.6 Å². The third-order valence-corrected chi connectivity index (χ3v) is 4.81. The Morgan fingerprint density at radius 2 is 2.05 bits per heavy atom. The van der Waals surface area contributed by atoms with E-state index >= 15 is 0 Å². The molecule has 20 heavy (non-hydrogen) atoms. The summed E-state index contributed by atoms with van der Waals surface area (Å²) in [7, 11) is 3.90. The number of carbonyl (C=O) groups is 1. The molecular formula is C13H18N4OS2. The molecule has 7 heteroatoms. The molecule has 2 rings (SSSR count). The number of carbonyl (C=O) groups excluding carboxylic acids is 1. The minimum absolute atomic E-state index is 0.169. The molecule has 2 amide bonds. The number of anilines is 1. The first-order chi connectivity index (χ1) is 9.56. The molecule has 0 aliphatic rings. The second-order valence-corrected chi connectivity index (χ2v) is 6.42. The zero-order valence-corrected chi connectivity index (χ0v) is 13.4. The van der Waals surface area contributed by atoms with Crippen LogP contribution < -0.4 is 15.5 Å². The smallest absolute Gasteiger partial charge is 0.315 e. The number of aryl methyl sites for hydroxylation is 1. The number of rotatable bonds is 5. The van der Waals surface area contributed by atoms with E-state index in [1.165, 1.54) is 10.4 Å². The van der Waals surface area contributed by atoms with Gasteiger partial charge in [-0.05, 0) is 23.9 Å². The van der Waals surface area contributed by atoms with E-state index < -0.39 is 0 Å². The average molecular weight is 310 g/mol. The second kappa shape index (κ2) is 6.71. The Labute approximate surface area is 126 Å². The van der Waals surface area contributed by atoms with Gasteiger partial charge in [0.2, 0.25) is 0 Å². The second-order valence-electron chi connectivity index (χ2n) is 4.58. The standard InChI is InChI=1S/C13H18N4OS2/c1-9-4-5-19-11(9)7-15-12(18)14-6-10-8-20-13(16-10)17(2)3/h4-5,8H,6-7H2,1-3H3,(H2,14,15,18). The molecule has 0 aliphatic carbocycles. The van der Waals surface area contributed by atoms with Crippen LogP contribution in [0.4, 0.5) is 9.93 Å². The maximum absolute atomic E-state index is 11.7. The summed E-state index contributed by atoms with van der Waals surface area (Å²) in [6.45, 7) is 3.05. The largest absolute Gasteiger partial charge is 0.354 e. The lowest BCUT2D eigenvalue weighted by molar-refractivity contribution is 0.240. The Balaban J connectivity index is 1.76. The lowest BCUT2D eigenvalue weighted by atomic mass is 10.3. The predicted octanol–water partition coefficient (Wildman–Crippen LogP) is 2.58. The van der Waals surface area contributed by atoms with Crippen LogP contribution >= 0.6 is 22.7 Å². The minimum Gasteiger partial charge on any atom is -0.354 e. The SMILES string of the molecule is Cc1ccsc1CNC(=O)NCc1csc(N(C)C)n1. The molecule has 0 atom stereocenters. The minimum atomic E-state index is -0.169. The normalized spacial score (nSPS) is 10.3. The summed E-state index contributed by atoms with van der Waals surface area (Å²) in [5.41, 5.74) is 2.09. The fourth-order valence-corrected chi connectivity index (χ4v) is 3.17. The molecule has 2 aromatic rings. The lowest BCUT2D eigenvalue weighted by Gasteiger charge is -2.07. The first-order valence-electron chi connectivity index (χ1n) is 6.22. The number of thiazole rings is 1. The van der Waals surface area contributed by atoms with Gasteiger partial charge in [0.25, 0.3) is 0 Å². The third-order valence-electron chi connectivity index (χ3n) is 2.73. The van der Waals surface area contributed by atoms with Crippen molar-refractivity contribution >= 4 is 33.8 Å². The molecule has 0 fully saturated rings. The number of hydrogen-bond donors (Lipinski definition) is 2. The van der Waals surface area contributed by atoms with E-state index in [1.54, 1.807) is 22.7 Å². The Kier molecular flexibility index (Phi) is 4.97. The van der Waals surface area contributed by atoms with E-state index in [-0.39, 0.29) is 6.03 Å². The fraction of sp³-hybridized carbons (Fsp3) is 0.385. The highest BCUT2D eigenvalue weighted by atomic mass is 32.1. The van der Waals surface area contributed by atoms with Crippen molar-refractivity contribution in [3.8, 4) is 0 Å². The van der Waals surface area contributed by atoms with Gasteiger partial charge >= 0.3 is 6.03 Å². The molecular weight excluding hydrogens is 292 g/mol. The van der Waals surface area contributed by atoms with Crippen molar-refractivity contribution in [2.75, 3.05) is 19.0 Å². The molecule has 0 aliphatic heterocycles. The lowest BCUT2D eigenvalue weighted by Crippen LogP contribution is -2.34. The van der Waals surface area contributed by atoms with Gasteiger partial charge in [-0.15, -0.1) is 22.7 Å². The van der Waals surface area contributed by atoms with Gasteiger partial charge < -0.3 is 15.5 Å². The van der Waals surface area contributed by atoms with Gasteiger partial charge in [0.15, 0.2) is 5.13 Å². The van der Waals surface area contributed by atoms with Gasteiger partial charge in [0.05, 0.1) is 18.8 Å². The van der Waals surface area contributed by atoms with Crippen LogP contribution in [0.2, 0.25) is 0 Å². The van der Waals surface area contributed by atoms with Crippen molar-refractivity contribution < 1.29 is 4.79 Å². The summed E-state index contributed by atoms with van der Waals surface area (Å²) < 4.78 is 0. The van der Waals surface area contributed by atoms with E-state index in [0.717, 1.165) is 10.8 Å². The van der Waals surface area contributed by atoms with Crippen molar-refractivity contribution in [3.05, 3.63) is 33.0 Å². The van der Waals surface area contributed by atoms with Crippen molar-refractivity contribution in [2.45, 2.75) is 20.0 Å². The van der Waals surface area contributed by atoms with Crippen LogP contribution in [0, 0.1) is 6.92 Å². The van der Waals surface area contributed by atoms with E-state index in [1.807, 2.05) is 36.7 Å². The Hall–Kier alpha value is -1.60. The monoisotopic (exact) mass is 310 g/mol. The van der Waals surface area contributed by atoms with Gasteiger partial charge in [0.1, 0.15) is 0 Å². The average Bonchev–Trinajstić information content (AvgIpc) is 3.03. The Morgan fingerprint density at radius 3 is 2.65 bits per heavy atom. The van der Waals surface area contributed by atoms with Gasteiger partial charge in [-0.1, -0.05) is 0 Å². The zero-order chi connectivity index (χ0) is 14.5. The van der Waals surface area contributed by atoms with Gasteiger partial charge in [0, 0.05) is 24.4 Å². The molecule has 0 aromatic carbocycles. The Morgan fingerprint density at radius 1 is 1.30 bits per heavy atom. The molecule has 0 saturated carbocycles. The molecule has 0 unspecified atom stereocenters. The number of amides is 2. The zero-order valence-electron chi connectivity index (χ0n) is 11.8. The molecule has 0 spiro atoms. The Bertz CT molecular complexity index is 576. The van der Waals surface area contributed by atoms with Crippen molar-refractivity contribution in [3.63, 3.8) is 0 Å². The number of aromatic nitrogens is 1. The van der Waals surface area contributed by atoms with Crippen LogP contribution in [0.1, 0.15) is 16.1 Å². The van der Waals surface area contributed by atoms with E-state index in [4.69, 9.17) is 0 Å². The summed E-state index contributed by atoms with van der Waals surface area (Å²) in [6.07, 6.45) is 0. The topological polar surface area (TPSA) is 57.3 Å². The molecule has 0 bridgehead atoms. The van der Waals surface area contributed by atoms with Gasteiger partial charge in [-0.25, -0.2) is 9.78 Å². The molecule has 0 radical (unpaired) electrons. The summed E-state index contributed by atoms with van der Waals surface area (Å²) in [6, 6.07) is 1.88. The van der Waals surface area contributed by atoms with Gasteiger partial charge in [-0.3, -0.25) is 0 Å². The van der Waals surface area contributed by atoms with Crippen LogP contribution in [0.15, 0.2) is 16.8 Å². The highest BCUT2D eigenvalue weighted by Crippen LogP contribution is 2.17. The summed E-state index contributed by atoms with van der Waals surface area (Å²) in [5.74, 6) is 0. The first-order valence-corrected chi connectivity index (χ1v) is 7.98. The van der Waals surface area contributed by atoms with Gasteiger partial charge in [-0.2, -0.15) is 0 Å². The van der Waals surface area contributed by atoms with Crippen LogP contribution in [0.5, 0.6) is 0 Å². The molecule has 2 heterocycles. The summed E-state index contributed by atoms with van der Waals surface area (Å²) in [5, 5.41) is 10.6. The van der Waals surface area contributed by atoms with E-state index in [2.05, 4.69) is 21.7 Å². The molecule has 5 nitrogen and oxygen atoms in total. The van der Waals surface area contributed by atoms with Crippen molar-refractivity contribution in [2.24, 2.45) is 0 Å². The van der Waals surface area contributed by atoms with Crippen LogP contribution in [-0.4, -0.2) is 25.1 Å². The predicted molar refractivity (Wildman–Crippen MR) is 84.6 cm³/mol. The van der Waals surface area contributed by atoms with Crippen LogP contribution in [0.25, 0.3) is 0 Å². The van der Waals surface area contributed by atoms with Crippen molar-refractivity contribution in [1.29, 1.82) is 0 Å². The van der Waals surface area contributed by atoms with E-state index in [0.29, 0.717) is 13.1 Å². The number of nitrogens with zero attached hydrogens (tertiary/aromatic N) is 2. The maximum Gasteiger partial charge on any atom is 0.315 e. The quantitative estimate of drug-likeness (QED) is 0.892. The fourth-order valence-electron chi connectivity index (χ4n) is 1.56. The third kappa shape index (κ3) is 3.94. The number of hydrogen-bond acceptors (Lipinski definition) is 5. The maximum atomic E-state index is 11.7. The number of thiophene rings is 1. The number of nitrogens with one attached hydrogen (secondary N) is 2.